The van der Waals surface area contributed by atoms with E-state index in [2.05, 4.69) is 5.32 Å². The summed E-state index contributed by atoms with van der Waals surface area (Å²) in [5, 5.41) is 3.27. The lowest BCUT2D eigenvalue weighted by Gasteiger charge is -2.21. The van der Waals surface area contributed by atoms with Gasteiger partial charge in [-0.15, -0.1) is 11.8 Å². The minimum atomic E-state index is -3.52. The van der Waals surface area contributed by atoms with E-state index in [-0.39, 0.29) is 18.9 Å². The van der Waals surface area contributed by atoms with Crippen molar-refractivity contribution >= 4 is 45.0 Å². The largest absolute Gasteiger partial charge is 0.478 e. The van der Waals surface area contributed by atoms with Crippen LogP contribution in [0.3, 0.4) is 0 Å². The Morgan fingerprint density at radius 2 is 2.04 bits per heavy atom. The molecule has 0 radical (unpaired) electrons. The van der Waals surface area contributed by atoms with Crippen molar-refractivity contribution in [2.24, 2.45) is 0 Å². The highest BCUT2D eigenvalue weighted by atomic mass is 35.5. The lowest BCUT2D eigenvalue weighted by Crippen LogP contribution is -2.40. The number of halogens is 1. The topological polar surface area (TPSA) is 75.7 Å². The number of carbonyl (C=O) groups excluding carboxylic acids is 1. The number of rotatable bonds is 6. The maximum atomic E-state index is 12.6. The maximum absolute atomic E-state index is 12.6. The Morgan fingerprint density at radius 3 is 2.75 bits per heavy atom. The molecule has 28 heavy (non-hydrogen) atoms. The summed E-state index contributed by atoms with van der Waals surface area (Å²) < 4.78 is 31.4. The van der Waals surface area contributed by atoms with Crippen LogP contribution in [0.2, 0.25) is 5.02 Å². The Labute approximate surface area is 174 Å². The molecule has 2 aromatic carbocycles. The van der Waals surface area contributed by atoms with Crippen LogP contribution < -0.4 is 14.4 Å². The van der Waals surface area contributed by atoms with Crippen molar-refractivity contribution in [1.82, 2.24) is 5.32 Å². The number of ether oxygens (including phenoxy) is 1. The predicted octanol–water partition coefficient (Wildman–Crippen LogP) is 3.17. The molecule has 1 aliphatic rings. The standard InChI is InChI=1S/C19H21ClN2O4S2/c1-28(24,25)22-11-9-18(26-17-8-7-14(20)13-16(17)22)19(23)21-10-12-27-15-5-3-2-4-6-15/h2-8,13,18H,9-12H2,1H3,(H,21,23). The summed E-state index contributed by atoms with van der Waals surface area (Å²) in [5.74, 6) is 0.792. The first-order chi connectivity index (χ1) is 13.3. The summed E-state index contributed by atoms with van der Waals surface area (Å²) >= 11 is 7.67. The SMILES string of the molecule is CS(=O)(=O)N1CCC(C(=O)NCCSc2ccccc2)Oc2ccc(Cl)cc21. The van der Waals surface area contributed by atoms with Crippen LogP contribution in [-0.4, -0.2) is 45.5 Å². The third-order valence-electron chi connectivity index (χ3n) is 4.16. The smallest absolute Gasteiger partial charge is 0.261 e. The summed E-state index contributed by atoms with van der Waals surface area (Å²) in [6.07, 6.45) is 0.601. The molecule has 1 amide bonds. The Kier molecular flexibility index (Phi) is 6.74. The Morgan fingerprint density at radius 1 is 1.29 bits per heavy atom. The molecule has 9 heteroatoms. The Bertz CT molecular complexity index is 938. The first-order valence-electron chi connectivity index (χ1n) is 8.74. The van der Waals surface area contributed by atoms with Crippen LogP contribution in [0.1, 0.15) is 6.42 Å². The van der Waals surface area contributed by atoms with Crippen molar-refractivity contribution in [3.8, 4) is 5.75 Å². The number of nitrogens with zero attached hydrogens (tertiary/aromatic N) is 1. The molecule has 6 nitrogen and oxygen atoms in total. The summed E-state index contributed by atoms with van der Waals surface area (Å²) in [5.41, 5.74) is 0.352. The van der Waals surface area contributed by atoms with Gasteiger partial charge in [-0.2, -0.15) is 0 Å². The van der Waals surface area contributed by atoms with Gasteiger partial charge in [0, 0.05) is 35.2 Å². The average molecular weight is 441 g/mol. The van der Waals surface area contributed by atoms with E-state index in [0.29, 0.717) is 23.0 Å². The molecule has 1 unspecified atom stereocenters. The van der Waals surface area contributed by atoms with E-state index >= 15 is 0 Å². The van der Waals surface area contributed by atoms with E-state index in [1.165, 1.54) is 10.4 Å². The number of carbonyl (C=O) groups is 1. The van der Waals surface area contributed by atoms with Gasteiger partial charge < -0.3 is 10.1 Å². The van der Waals surface area contributed by atoms with E-state index in [1.54, 1.807) is 23.9 Å². The monoisotopic (exact) mass is 440 g/mol. The molecule has 1 atom stereocenters. The second-order valence-electron chi connectivity index (χ2n) is 6.29. The molecule has 0 saturated carbocycles. The number of nitrogens with one attached hydrogen (secondary N) is 1. The first kappa shape index (κ1) is 20.8. The minimum absolute atomic E-state index is 0.142. The lowest BCUT2D eigenvalue weighted by molar-refractivity contribution is -0.127. The van der Waals surface area contributed by atoms with Crippen LogP contribution in [0.15, 0.2) is 53.4 Å². The van der Waals surface area contributed by atoms with E-state index in [4.69, 9.17) is 16.3 Å². The maximum Gasteiger partial charge on any atom is 0.261 e. The highest BCUT2D eigenvalue weighted by Gasteiger charge is 2.31. The van der Waals surface area contributed by atoms with Crippen LogP contribution in [0.5, 0.6) is 5.75 Å². The van der Waals surface area contributed by atoms with Crippen LogP contribution in [0.25, 0.3) is 0 Å². The third-order valence-corrected chi connectivity index (χ3v) is 6.59. The van der Waals surface area contributed by atoms with E-state index in [0.717, 1.165) is 16.9 Å². The summed E-state index contributed by atoms with van der Waals surface area (Å²) in [4.78, 5) is 13.7. The number of amides is 1. The molecule has 1 aliphatic heterocycles. The quantitative estimate of drug-likeness (QED) is 0.551. The third kappa shape index (κ3) is 5.33. The van der Waals surface area contributed by atoms with E-state index < -0.39 is 16.1 Å². The van der Waals surface area contributed by atoms with Gasteiger partial charge in [-0.05, 0) is 30.3 Å². The highest BCUT2D eigenvalue weighted by Crippen LogP contribution is 2.36. The van der Waals surface area contributed by atoms with Gasteiger partial charge in [0.2, 0.25) is 10.0 Å². The van der Waals surface area contributed by atoms with E-state index in [1.807, 2.05) is 30.3 Å². The molecule has 1 N–H and O–H groups in total. The summed E-state index contributed by atoms with van der Waals surface area (Å²) in [7, 11) is -3.52. The van der Waals surface area contributed by atoms with Crippen LogP contribution in [-0.2, 0) is 14.8 Å². The van der Waals surface area contributed by atoms with Crippen molar-refractivity contribution in [3.05, 3.63) is 53.6 Å². The van der Waals surface area contributed by atoms with Gasteiger partial charge >= 0.3 is 0 Å². The number of sulfonamides is 1. The number of benzene rings is 2. The van der Waals surface area contributed by atoms with Crippen molar-refractivity contribution in [1.29, 1.82) is 0 Å². The fourth-order valence-corrected chi connectivity index (χ4v) is 4.75. The molecule has 0 aliphatic carbocycles. The van der Waals surface area contributed by atoms with Gasteiger partial charge in [-0.3, -0.25) is 9.10 Å². The molecule has 3 rings (SSSR count). The number of hydrogen-bond acceptors (Lipinski definition) is 5. The Balaban J connectivity index is 1.63. The molecule has 0 saturated heterocycles. The van der Waals surface area contributed by atoms with Crippen molar-refractivity contribution in [3.63, 3.8) is 0 Å². The number of thioether (sulfide) groups is 1. The second-order valence-corrected chi connectivity index (χ2v) is 9.81. The zero-order valence-electron chi connectivity index (χ0n) is 15.3. The normalized spacial score (nSPS) is 16.6. The van der Waals surface area contributed by atoms with Gasteiger partial charge in [0.1, 0.15) is 5.75 Å². The van der Waals surface area contributed by atoms with Crippen molar-refractivity contribution in [2.75, 3.05) is 29.4 Å². The van der Waals surface area contributed by atoms with Gasteiger partial charge in [0.25, 0.3) is 5.91 Å². The molecule has 0 bridgehead atoms. The lowest BCUT2D eigenvalue weighted by atomic mass is 10.2. The van der Waals surface area contributed by atoms with Crippen LogP contribution in [0, 0.1) is 0 Å². The average Bonchev–Trinajstić information content (AvgIpc) is 2.85. The Hall–Kier alpha value is -1.90. The predicted molar refractivity (Wildman–Crippen MR) is 113 cm³/mol. The first-order valence-corrected chi connectivity index (χ1v) is 12.0. The molecule has 2 aromatic rings. The summed E-state index contributed by atoms with van der Waals surface area (Å²) in [6.45, 7) is 0.630. The molecule has 0 spiro atoms. The molecule has 0 aromatic heterocycles. The highest BCUT2D eigenvalue weighted by molar-refractivity contribution is 7.99. The fraction of sp³-hybridized carbons (Fsp3) is 0.316. The molecular formula is C19H21ClN2O4S2. The fourth-order valence-electron chi connectivity index (χ4n) is 2.85. The summed E-state index contributed by atoms with van der Waals surface area (Å²) in [6, 6.07) is 14.7. The van der Waals surface area contributed by atoms with Crippen molar-refractivity contribution < 1.29 is 17.9 Å². The van der Waals surface area contributed by atoms with Gasteiger partial charge in [-0.1, -0.05) is 29.8 Å². The van der Waals surface area contributed by atoms with Gasteiger partial charge in [-0.25, -0.2) is 8.42 Å². The molecule has 0 fully saturated rings. The number of fused-ring (bicyclic) bond motifs is 1. The number of hydrogen-bond donors (Lipinski definition) is 1. The molecule has 150 valence electrons. The molecule has 1 heterocycles. The molecular weight excluding hydrogens is 420 g/mol. The van der Waals surface area contributed by atoms with Crippen LogP contribution in [0.4, 0.5) is 5.69 Å². The second kappa shape index (κ2) is 9.07. The zero-order chi connectivity index (χ0) is 20.1. The number of anilines is 1. The van der Waals surface area contributed by atoms with Crippen molar-refractivity contribution in [2.45, 2.75) is 17.4 Å². The van der Waals surface area contributed by atoms with E-state index in [9.17, 15) is 13.2 Å². The minimum Gasteiger partial charge on any atom is -0.478 e. The van der Waals surface area contributed by atoms with Crippen LogP contribution >= 0.6 is 23.4 Å². The van der Waals surface area contributed by atoms with Gasteiger partial charge in [0.15, 0.2) is 6.10 Å². The van der Waals surface area contributed by atoms with Gasteiger partial charge in [0.05, 0.1) is 11.9 Å². The zero-order valence-corrected chi connectivity index (χ0v) is 17.7.